The molecular weight excluding hydrogens is 632 g/mol. The summed E-state index contributed by atoms with van der Waals surface area (Å²) in [5.74, 6) is 0. The van der Waals surface area contributed by atoms with Crippen LogP contribution in [0.25, 0.3) is 88.0 Å². The van der Waals surface area contributed by atoms with Gasteiger partial charge in [-0.2, -0.15) is 0 Å². The van der Waals surface area contributed by atoms with Crippen molar-refractivity contribution in [3.63, 3.8) is 0 Å². The Balaban J connectivity index is 1.46. The van der Waals surface area contributed by atoms with E-state index in [1.807, 2.05) is 0 Å². The van der Waals surface area contributed by atoms with Gasteiger partial charge in [0.25, 0.3) is 0 Å². The quantitative estimate of drug-likeness (QED) is 0.176. The molecule has 0 N–H and O–H groups in total. The Hall–Kier alpha value is -4.98. The van der Waals surface area contributed by atoms with E-state index in [0.29, 0.717) is 0 Å². The molecule has 8 aromatic rings. The maximum Gasteiger partial charge on any atom is 0.0181 e. The molecule has 0 aromatic heterocycles. The minimum Gasteiger partial charge on any atom is -0.0616 e. The van der Waals surface area contributed by atoms with Crippen LogP contribution in [-0.2, 0) is 0 Å². The smallest absolute Gasteiger partial charge is 0.0181 e. The van der Waals surface area contributed by atoms with E-state index in [0.717, 1.165) is 4.47 Å². The van der Waals surface area contributed by atoms with E-state index in [9.17, 15) is 0 Å². The number of hydrogen-bond donors (Lipinski definition) is 0. The number of rotatable bonds is 3. The Morgan fingerprint density at radius 1 is 0.362 bits per heavy atom. The third-order valence-electron chi connectivity index (χ3n) is 9.93. The summed E-state index contributed by atoms with van der Waals surface area (Å²) in [6.45, 7) is 8.85. The molecule has 9 rings (SSSR count). The summed E-state index contributed by atoms with van der Waals surface area (Å²) in [7, 11) is 0. The Bertz CT molecular complexity index is 2580. The molecular formula is C46H33Br. The lowest BCUT2D eigenvalue weighted by atomic mass is 9.81. The first-order valence-corrected chi connectivity index (χ1v) is 17.2. The van der Waals surface area contributed by atoms with Crippen molar-refractivity contribution >= 4 is 48.2 Å². The van der Waals surface area contributed by atoms with Crippen molar-refractivity contribution in [2.45, 2.75) is 27.7 Å². The van der Waals surface area contributed by atoms with Crippen molar-refractivity contribution in [1.82, 2.24) is 0 Å². The van der Waals surface area contributed by atoms with Crippen molar-refractivity contribution in [2.75, 3.05) is 0 Å². The van der Waals surface area contributed by atoms with Gasteiger partial charge in [0.05, 0.1) is 0 Å². The van der Waals surface area contributed by atoms with Crippen LogP contribution in [0.15, 0.2) is 132 Å². The lowest BCUT2D eigenvalue weighted by Crippen LogP contribution is -1.95. The van der Waals surface area contributed by atoms with Crippen molar-refractivity contribution in [1.29, 1.82) is 0 Å². The fraction of sp³-hybridized carbons (Fsp3) is 0.0870. The monoisotopic (exact) mass is 664 g/mol. The fourth-order valence-corrected chi connectivity index (χ4v) is 8.63. The zero-order valence-corrected chi connectivity index (χ0v) is 28.6. The van der Waals surface area contributed by atoms with Gasteiger partial charge in [0.1, 0.15) is 0 Å². The molecule has 0 heterocycles. The summed E-state index contributed by atoms with van der Waals surface area (Å²) in [5.41, 5.74) is 18.1. The maximum absolute atomic E-state index is 3.86. The van der Waals surface area contributed by atoms with Gasteiger partial charge in [-0.25, -0.2) is 0 Å². The molecule has 0 fully saturated rings. The van der Waals surface area contributed by atoms with Crippen molar-refractivity contribution < 1.29 is 0 Å². The molecule has 224 valence electrons. The number of benzene rings is 8. The first kappa shape index (κ1) is 28.3. The predicted molar refractivity (Wildman–Crippen MR) is 206 cm³/mol. The molecule has 0 amide bonds. The molecule has 0 nitrogen and oxygen atoms in total. The molecule has 0 unspecified atom stereocenters. The highest BCUT2D eigenvalue weighted by molar-refractivity contribution is 9.10. The molecule has 0 bridgehead atoms. The molecule has 1 heteroatoms. The first-order valence-electron chi connectivity index (χ1n) is 16.4. The SMILES string of the molecule is Cc1cc(C)cc(-c2c3c(c(-c4cc(C)cc(C)c4)c4cc(Br)ccc24)-c2cccc4c(-c5ccc6ccccc6c5)ccc-3c24)c1. The second-order valence-electron chi connectivity index (χ2n) is 13.4. The Morgan fingerprint density at radius 2 is 0.957 bits per heavy atom. The minimum atomic E-state index is 1.09. The summed E-state index contributed by atoms with van der Waals surface area (Å²) in [4.78, 5) is 0. The van der Waals surface area contributed by atoms with Gasteiger partial charge >= 0.3 is 0 Å². The normalized spacial score (nSPS) is 11.9. The third kappa shape index (κ3) is 4.41. The average Bonchev–Trinajstić information content (AvgIpc) is 3.37. The summed E-state index contributed by atoms with van der Waals surface area (Å²) >= 11 is 3.86. The van der Waals surface area contributed by atoms with Gasteiger partial charge in [-0.3, -0.25) is 0 Å². The Kier molecular flexibility index (Phi) is 6.33. The number of halogens is 1. The van der Waals surface area contributed by atoms with Crippen molar-refractivity contribution in [3.8, 4) is 55.6 Å². The highest BCUT2D eigenvalue weighted by Crippen LogP contribution is 2.59. The maximum atomic E-state index is 3.86. The van der Waals surface area contributed by atoms with E-state index < -0.39 is 0 Å². The zero-order valence-electron chi connectivity index (χ0n) is 27.0. The standard InChI is InChI=1S/C46H33Br/c1-26-18-27(2)21-33(20-26)42-38-15-14-35(47)25-41(38)43(34-22-28(3)19-29(4)23-34)45-39-11-7-10-37-36(16-17-40(44(37)39)46(42)45)32-13-12-30-8-5-6-9-31(30)24-32/h5-25H,1-4H3. The minimum absolute atomic E-state index is 1.09. The van der Waals surface area contributed by atoms with Crippen LogP contribution in [0.4, 0.5) is 0 Å². The summed E-state index contributed by atoms with van der Waals surface area (Å²) in [5, 5.41) is 7.74. The Morgan fingerprint density at radius 3 is 1.64 bits per heavy atom. The van der Waals surface area contributed by atoms with Gasteiger partial charge < -0.3 is 0 Å². The summed E-state index contributed by atoms with van der Waals surface area (Å²) < 4.78 is 1.09. The van der Waals surface area contributed by atoms with Crippen LogP contribution in [0.5, 0.6) is 0 Å². The van der Waals surface area contributed by atoms with Gasteiger partial charge in [0.15, 0.2) is 0 Å². The van der Waals surface area contributed by atoms with Gasteiger partial charge in [0, 0.05) is 4.47 Å². The van der Waals surface area contributed by atoms with Gasteiger partial charge in [-0.1, -0.05) is 147 Å². The lowest BCUT2D eigenvalue weighted by molar-refractivity contribution is 1.38. The van der Waals surface area contributed by atoms with Crippen LogP contribution in [0.3, 0.4) is 0 Å². The molecule has 0 atom stereocenters. The van der Waals surface area contributed by atoms with Crippen LogP contribution >= 0.6 is 15.9 Å². The molecule has 1 aliphatic rings. The second-order valence-corrected chi connectivity index (χ2v) is 14.3. The van der Waals surface area contributed by atoms with E-state index in [2.05, 4.69) is 171 Å². The first-order chi connectivity index (χ1) is 22.8. The van der Waals surface area contributed by atoms with Crippen molar-refractivity contribution in [2.24, 2.45) is 0 Å². The van der Waals surface area contributed by atoms with E-state index in [4.69, 9.17) is 0 Å². The van der Waals surface area contributed by atoms with Gasteiger partial charge in [-0.05, 0) is 134 Å². The van der Waals surface area contributed by atoms with Gasteiger partial charge in [-0.15, -0.1) is 0 Å². The van der Waals surface area contributed by atoms with Crippen molar-refractivity contribution in [3.05, 3.63) is 154 Å². The van der Waals surface area contributed by atoms with E-state index >= 15 is 0 Å². The zero-order chi connectivity index (χ0) is 32.0. The predicted octanol–water partition coefficient (Wildman–Crippen LogP) is 13.8. The van der Waals surface area contributed by atoms with E-state index in [-0.39, 0.29) is 0 Å². The second kappa shape index (κ2) is 10.5. The van der Waals surface area contributed by atoms with Crippen LogP contribution in [-0.4, -0.2) is 0 Å². The molecule has 0 spiro atoms. The summed E-state index contributed by atoms with van der Waals surface area (Å²) in [6, 6.07) is 48.1. The van der Waals surface area contributed by atoms with Gasteiger partial charge in [0.2, 0.25) is 0 Å². The molecule has 1 aliphatic carbocycles. The van der Waals surface area contributed by atoms with E-state index in [1.165, 1.54) is 110 Å². The van der Waals surface area contributed by atoms with Crippen LogP contribution in [0, 0.1) is 27.7 Å². The number of hydrogen-bond acceptors (Lipinski definition) is 0. The molecule has 0 radical (unpaired) electrons. The largest absolute Gasteiger partial charge is 0.0616 e. The molecule has 8 aromatic carbocycles. The third-order valence-corrected chi connectivity index (χ3v) is 10.4. The molecule has 0 saturated heterocycles. The summed E-state index contributed by atoms with van der Waals surface area (Å²) in [6.07, 6.45) is 0. The molecule has 47 heavy (non-hydrogen) atoms. The number of aryl methyl sites for hydroxylation is 4. The lowest BCUT2D eigenvalue weighted by Gasteiger charge is -2.21. The topological polar surface area (TPSA) is 0 Å². The number of fused-ring (bicyclic) bond motifs is 5. The van der Waals surface area contributed by atoms with Crippen LogP contribution in [0.1, 0.15) is 22.3 Å². The van der Waals surface area contributed by atoms with E-state index in [1.54, 1.807) is 0 Å². The highest BCUT2D eigenvalue weighted by Gasteiger charge is 2.31. The highest BCUT2D eigenvalue weighted by atomic mass is 79.9. The molecule has 0 aliphatic heterocycles. The molecule has 0 saturated carbocycles. The fourth-order valence-electron chi connectivity index (χ4n) is 8.27. The Labute approximate surface area is 284 Å². The van der Waals surface area contributed by atoms with Crippen LogP contribution < -0.4 is 0 Å². The average molecular weight is 666 g/mol. The van der Waals surface area contributed by atoms with Crippen LogP contribution in [0.2, 0.25) is 0 Å².